The predicted octanol–water partition coefficient (Wildman–Crippen LogP) is 4.92. The molecule has 1 aromatic heterocycles. The number of nitrogens with one attached hydrogen (secondary N) is 2. The maximum absolute atomic E-state index is 12.8. The molecule has 7 nitrogen and oxygen atoms in total. The summed E-state index contributed by atoms with van der Waals surface area (Å²) in [5, 5.41) is 5.75. The van der Waals surface area contributed by atoms with E-state index in [0.717, 1.165) is 17.0 Å². The zero-order chi connectivity index (χ0) is 22.7. The average Bonchev–Trinajstić information content (AvgIpc) is 3.22. The Labute approximate surface area is 197 Å². The Balaban J connectivity index is 1.45. The summed E-state index contributed by atoms with van der Waals surface area (Å²) in [4.78, 5) is 39.2. The van der Waals surface area contributed by atoms with Gasteiger partial charge in [-0.2, -0.15) is 0 Å². The van der Waals surface area contributed by atoms with E-state index < -0.39 is 5.91 Å². The van der Waals surface area contributed by atoms with Crippen LogP contribution in [-0.4, -0.2) is 37.5 Å². The van der Waals surface area contributed by atoms with E-state index >= 15 is 0 Å². The van der Waals surface area contributed by atoms with Crippen molar-refractivity contribution in [3.8, 4) is 0 Å². The van der Waals surface area contributed by atoms with Gasteiger partial charge >= 0.3 is 0 Å². The summed E-state index contributed by atoms with van der Waals surface area (Å²) in [6, 6.07) is 14.8. The molecule has 4 rings (SSSR count). The summed E-state index contributed by atoms with van der Waals surface area (Å²) < 4.78 is 5.65. The summed E-state index contributed by atoms with van der Waals surface area (Å²) in [5.41, 5.74) is 1.90. The maximum atomic E-state index is 12.8. The van der Waals surface area contributed by atoms with Gasteiger partial charge in [0.05, 0.1) is 26.4 Å². The lowest BCUT2D eigenvalue weighted by Crippen LogP contribution is -2.41. The highest BCUT2D eigenvalue weighted by Crippen LogP contribution is 2.26. The maximum Gasteiger partial charge on any atom is 0.265 e. The highest BCUT2D eigenvalue weighted by molar-refractivity contribution is 7.18. The molecule has 10 heteroatoms. The van der Waals surface area contributed by atoms with Gasteiger partial charge in [0.1, 0.15) is 6.61 Å². The van der Waals surface area contributed by atoms with Crippen molar-refractivity contribution < 1.29 is 19.1 Å². The van der Waals surface area contributed by atoms with Crippen LogP contribution in [0.4, 0.5) is 17.1 Å². The van der Waals surface area contributed by atoms with Crippen LogP contribution in [0, 0.1) is 0 Å². The standard InChI is InChI=1S/C22H17Cl2N3O4S/c23-17-6-3-14(26-22(30)18-7-8-19(24)32-18)11-16(17)21(29)25-13-1-4-15(5-2-13)27-9-10-31-12-20(27)28/h1-8,11H,9-10,12H2,(H,25,29)(H,26,30). The van der Waals surface area contributed by atoms with Gasteiger partial charge in [-0.3, -0.25) is 14.4 Å². The number of thiophene rings is 1. The summed E-state index contributed by atoms with van der Waals surface area (Å²) in [5.74, 6) is -0.868. The molecule has 0 spiro atoms. The minimum Gasteiger partial charge on any atom is -0.370 e. The number of hydrogen-bond acceptors (Lipinski definition) is 5. The van der Waals surface area contributed by atoms with Gasteiger partial charge in [-0.15, -0.1) is 11.3 Å². The summed E-state index contributed by atoms with van der Waals surface area (Å²) in [6.07, 6.45) is 0. The van der Waals surface area contributed by atoms with Gasteiger partial charge in [0.2, 0.25) is 0 Å². The molecule has 0 saturated carbocycles. The Morgan fingerprint density at radius 1 is 0.938 bits per heavy atom. The smallest absolute Gasteiger partial charge is 0.265 e. The topological polar surface area (TPSA) is 87.7 Å². The summed E-state index contributed by atoms with van der Waals surface area (Å²) in [7, 11) is 0. The molecule has 2 N–H and O–H groups in total. The highest BCUT2D eigenvalue weighted by Gasteiger charge is 2.20. The van der Waals surface area contributed by atoms with E-state index in [0.29, 0.717) is 33.7 Å². The minimum atomic E-state index is -0.430. The van der Waals surface area contributed by atoms with Crippen LogP contribution in [0.3, 0.4) is 0 Å². The molecule has 1 aliphatic rings. The largest absolute Gasteiger partial charge is 0.370 e. The zero-order valence-electron chi connectivity index (χ0n) is 16.6. The quantitative estimate of drug-likeness (QED) is 0.532. The van der Waals surface area contributed by atoms with E-state index in [1.807, 2.05) is 0 Å². The van der Waals surface area contributed by atoms with Crippen molar-refractivity contribution in [3.63, 3.8) is 0 Å². The molecule has 2 heterocycles. The molecule has 2 aromatic carbocycles. The number of morpholine rings is 1. The molecule has 0 atom stereocenters. The number of hydrogen-bond donors (Lipinski definition) is 2. The first kappa shape index (κ1) is 22.3. The SMILES string of the molecule is O=C(Nc1ccc(Cl)c(C(=O)Nc2ccc(N3CCOCC3=O)cc2)c1)c1ccc(Cl)s1. The Hall–Kier alpha value is -2.91. The first-order valence-electron chi connectivity index (χ1n) is 9.56. The van der Waals surface area contributed by atoms with Crippen LogP contribution < -0.4 is 15.5 Å². The van der Waals surface area contributed by atoms with Gasteiger partial charge in [-0.1, -0.05) is 23.2 Å². The number of ether oxygens (including phenoxy) is 1. The second-order valence-electron chi connectivity index (χ2n) is 6.85. The molecule has 0 aliphatic carbocycles. The number of nitrogens with zero attached hydrogens (tertiary/aromatic N) is 1. The van der Waals surface area contributed by atoms with E-state index in [-0.39, 0.29) is 29.0 Å². The Bertz CT molecular complexity index is 1180. The van der Waals surface area contributed by atoms with Crippen LogP contribution in [0.2, 0.25) is 9.36 Å². The predicted molar refractivity (Wildman–Crippen MR) is 126 cm³/mol. The molecule has 164 valence electrons. The van der Waals surface area contributed by atoms with Crippen molar-refractivity contribution in [1.29, 1.82) is 0 Å². The fraction of sp³-hybridized carbons (Fsp3) is 0.136. The van der Waals surface area contributed by atoms with Crippen molar-refractivity contribution in [3.05, 3.63) is 74.4 Å². The normalized spacial score (nSPS) is 13.7. The molecule has 1 fully saturated rings. The fourth-order valence-corrected chi connectivity index (χ4v) is 4.26. The first-order valence-corrected chi connectivity index (χ1v) is 11.1. The van der Waals surface area contributed by atoms with Crippen LogP contribution in [0.15, 0.2) is 54.6 Å². The molecule has 0 radical (unpaired) electrons. The number of carbonyl (C=O) groups is 3. The molecule has 0 bridgehead atoms. The average molecular weight is 490 g/mol. The number of halogens is 2. The number of rotatable bonds is 5. The Kier molecular flexibility index (Phi) is 6.76. The van der Waals surface area contributed by atoms with Gasteiger partial charge in [0.15, 0.2) is 0 Å². The highest BCUT2D eigenvalue weighted by atomic mass is 35.5. The van der Waals surface area contributed by atoms with Crippen LogP contribution in [-0.2, 0) is 9.53 Å². The van der Waals surface area contributed by atoms with Crippen molar-refractivity contribution in [2.24, 2.45) is 0 Å². The molecule has 1 aliphatic heterocycles. The van der Waals surface area contributed by atoms with Gasteiger partial charge < -0.3 is 20.3 Å². The van der Waals surface area contributed by atoms with Crippen LogP contribution in [0.5, 0.6) is 0 Å². The van der Waals surface area contributed by atoms with E-state index in [1.165, 1.54) is 6.07 Å². The second kappa shape index (κ2) is 9.70. The fourth-order valence-electron chi connectivity index (χ4n) is 3.12. The van der Waals surface area contributed by atoms with E-state index in [9.17, 15) is 14.4 Å². The summed E-state index contributed by atoms with van der Waals surface area (Å²) >= 11 is 13.2. The van der Waals surface area contributed by atoms with Crippen molar-refractivity contribution in [2.45, 2.75) is 0 Å². The van der Waals surface area contributed by atoms with Crippen molar-refractivity contribution in [1.82, 2.24) is 0 Å². The number of anilines is 3. The third-order valence-corrected chi connectivity index (χ3v) is 6.25. The molecule has 0 unspecified atom stereocenters. The third-order valence-electron chi connectivity index (χ3n) is 4.69. The van der Waals surface area contributed by atoms with Crippen LogP contribution in [0.1, 0.15) is 20.0 Å². The van der Waals surface area contributed by atoms with Gasteiger partial charge in [0, 0.05) is 23.6 Å². The lowest BCUT2D eigenvalue weighted by atomic mass is 10.1. The van der Waals surface area contributed by atoms with Gasteiger partial charge in [0.25, 0.3) is 17.7 Å². The Morgan fingerprint density at radius 3 is 2.34 bits per heavy atom. The van der Waals surface area contributed by atoms with E-state index in [2.05, 4.69) is 10.6 Å². The van der Waals surface area contributed by atoms with E-state index in [1.54, 1.807) is 53.4 Å². The summed E-state index contributed by atoms with van der Waals surface area (Å²) in [6.45, 7) is 1.02. The lowest BCUT2D eigenvalue weighted by Gasteiger charge is -2.26. The molecular formula is C22H17Cl2N3O4S. The Morgan fingerprint density at radius 2 is 1.66 bits per heavy atom. The third kappa shape index (κ3) is 5.11. The minimum absolute atomic E-state index is 0.0589. The van der Waals surface area contributed by atoms with Crippen molar-refractivity contribution >= 4 is 69.3 Å². The van der Waals surface area contributed by atoms with Crippen molar-refractivity contribution in [2.75, 3.05) is 35.3 Å². The van der Waals surface area contributed by atoms with E-state index in [4.69, 9.17) is 27.9 Å². The van der Waals surface area contributed by atoms with Gasteiger partial charge in [-0.05, 0) is 54.6 Å². The molecule has 3 amide bonds. The number of carbonyl (C=O) groups excluding carboxylic acids is 3. The van der Waals surface area contributed by atoms with Crippen LogP contribution >= 0.6 is 34.5 Å². The van der Waals surface area contributed by atoms with Gasteiger partial charge in [-0.25, -0.2) is 0 Å². The lowest BCUT2D eigenvalue weighted by molar-refractivity contribution is -0.125. The van der Waals surface area contributed by atoms with Crippen LogP contribution in [0.25, 0.3) is 0 Å². The second-order valence-corrected chi connectivity index (χ2v) is 8.97. The molecule has 3 aromatic rings. The molecular weight excluding hydrogens is 473 g/mol. The zero-order valence-corrected chi connectivity index (χ0v) is 18.9. The molecule has 32 heavy (non-hydrogen) atoms. The number of benzene rings is 2. The number of amides is 3. The monoisotopic (exact) mass is 489 g/mol. The first-order chi connectivity index (χ1) is 15.4. The molecule has 1 saturated heterocycles.